The molecular weight excluding hydrogens is 418 g/mol. The molecule has 8 heteroatoms. The van der Waals surface area contributed by atoms with Crippen LogP contribution in [0.2, 0.25) is 5.02 Å². The fourth-order valence-electron chi connectivity index (χ4n) is 3.38. The van der Waals surface area contributed by atoms with Crippen LogP contribution in [0.4, 0.5) is 5.69 Å². The molecule has 31 heavy (non-hydrogen) atoms. The second kappa shape index (κ2) is 8.28. The van der Waals surface area contributed by atoms with Crippen molar-refractivity contribution in [2.45, 2.75) is 20.4 Å². The zero-order valence-electron chi connectivity index (χ0n) is 17.2. The summed E-state index contributed by atoms with van der Waals surface area (Å²) in [5, 5.41) is 8.00. The van der Waals surface area contributed by atoms with Crippen molar-refractivity contribution in [1.82, 2.24) is 9.78 Å². The number of nitrogens with zero attached hydrogens (tertiary/aromatic N) is 2. The third kappa shape index (κ3) is 3.68. The van der Waals surface area contributed by atoms with Crippen molar-refractivity contribution in [3.8, 4) is 5.75 Å². The van der Waals surface area contributed by atoms with Gasteiger partial charge in [-0.15, -0.1) is 0 Å². The topological polar surface area (TPSA) is 86.4 Å². The van der Waals surface area contributed by atoms with Gasteiger partial charge in [-0.3, -0.25) is 14.3 Å². The molecule has 0 aliphatic rings. The highest BCUT2D eigenvalue weighted by Crippen LogP contribution is 2.33. The molecule has 0 spiro atoms. The summed E-state index contributed by atoms with van der Waals surface area (Å²) in [6.07, 6.45) is 0. The van der Waals surface area contributed by atoms with Gasteiger partial charge in [0.15, 0.2) is 5.76 Å². The average molecular weight is 438 g/mol. The number of ketones is 1. The van der Waals surface area contributed by atoms with Gasteiger partial charge in [0.2, 0.25) is 5.78 Å². The summed E-state index contributed by atoms with van der Waals surface area (Å²) in [6, 6.07) is 13.8. The van der Waals surface area contributed by atoms with Gasteiger partial charge in [0.1, 0.15) is 17.0 Å². The van der Waals surface area contributed by atoms with E-state index in [4.69, 9.17) is 20.8 Å². The van der Waals surface area contributed by atoms with E-state index >= 15 is 0 Å². The number of halogens is 1. The SMILES string of the molecule is CCn1nc(C)c(Cl)c1C(=O)Nc1c(C(=O)c2ccc(OC)cc2)oc2ccccc12. The van der Waals surface area contributed by atoms with Crippen LogP contribution < -0.4 is 10.1 Å². The summed E-state index contributed by atoms with van der Waals surface area (Å²) in [5.41, 5.74) is 1.97. The maximum Gasteiger partial charge on any atom is 0.275 e. The summed E-state index contributed by atoms with van der Waals surface area (Å²) in [6.45, 7) is 4.07. The van der Waals surface area contributed by atoms with E-state index in [1.54, 1.807) is 56.5 Å². The zero-order valence-corrected chi connectivity index (χ0v) is 18.0. The number of carbonyl (C=O) groups excluding carboxylic acids is 2. The predicted octanol–water partition coefficient (Wildman–Crippen LogP) is 5.10. The first-order valence-electron chi connectivity index (χ1n) is 9.69. The maximum absolute atomic E-state index is 13.2. The summed E-state index contributed by atoms with van der Waals surface area (Å²) in [4.78, 5) is 26.4. The number of ether oxygens (including phenoxy) is 1. The van der Waals surface area contributed by atoms with Crippen LogP contribution >= 0.6 is 11.6 Å². The predicted molar refractivity (Wildman–Crippen MR) is 118 cm³/mol. The fraction of sp³-hybridized carbons (Fsp3) is 0.174. The molecule has 0 aliphatic carbocycles. The summed E-state index contributed by atoms with van der Waals surface area (Å²) >= 11 is 6.33. The maximum atomic E-state index is 13.2. The molecular formula is C23H20ClN3O4. The van der Waals surface area contributed by atoms with Gasteiger partial charge in [-0.25, -0.2) is 0 Å². The minimum atomic E-state index is -0.470. The molecule has 0 fully saturated rings. The number of anilines is 1. The summed E-state index contributed by atoms with van der Waals surface area (Å²) in [7, 11) is 1.55. The van der Waals surface area contributed by atoms with Crippen LogP contribution in [-0.4, -0.2) is 28.6 Å². The number of fused-ring (bicyclic) bond motifs is 1. The third-order valence-electron chi connectivity index (χ3n) is 4.96. The normalized spacial score (nSPS) is 11.0. The number of nitrogens with one attached hydrogen (secondary N) is 1. The van der Waals surface area contributed by atoms with Crippen LogP contribution in [0.5, 0.6) is 5.75 Å². The number of hydrogen-bond acceptors (Lipinski definition) is 5. The number of benzene rings is 2. The Balaban J connectivity index is 1.78. The van der Waals surface area contributed by atoms with E-state index in [1.807, 2.05) is 13.0 Å². The minimum absolute atomic E-state index is 0.0372. The molecule has 2 aromatic carbocycles. The lowest BCUT2D eigenvalue weighted by Gasteiger charge is -2.08. The second-order valence-corrected chi connectivity index (χ2v) is 7.26. The van der Waals surface area contributed by atoms with Crippen molar-refractivity contribution in [2.75, 3.05) is 12.4 Å². The molecule has 0 aliphatic heterocycles. The molecule has 0 bridgehead atoms. The van der Waals surface area contributed by atoms with Gasteiger partial charge >= 0.3 is 0 Å². The van der Waals surface area contributed by atoms with E-state index in [1.165, 1.54) is 4.68 Å². The molecule has 158 valence electrons. The van der Waals surface area contributed by atoms with Crippen LogP contribution in [0.15, 0.2) is 52.9 Å². The number of methoxy groups -OCH3 is 1. The highest BCUT2D eigenvalue weighted by Gasteiger charge is 2.26. The Morgan fingerprint density at radius 3 is 2.55 bits per heavy atom. The number of carbonyl (C=O) groups is 2. The number of hydrogen-bond donors (Lipinski definition) is 1. The van der Waals surface area contributed by atoms with Crippen LogP contribution in [0.25, 0.3) is 11.0 Å². The Hall–Kier alpha value is -3.58. The number of para-hydroxylation sites is 1. The number of aryl methyl sites for hydroxylation is 2. The van der Waals surface area contributed by atoms with Crippen LogP contribution in [0, 0.1) is 6.92 Å². The Bertz CT molecular complexity index is 1290. The Morgan fingerprint density at radius 1 is 1.16 bits per heavy atom. The van der Waals surface area contributed by atoms with Gasteiger partial charge in [0, 0.05) is 17.5 Å². The Labute approximate surface area is 183 Å². The average Bonchev–Trinajstić information content (AvgIpc) is 3.30. The highest BCUT2D eigenvalue weighted by molar-refractivity contribution is 6.35. The molecule has 4 rings (SSSR count). The van der Waals surface area contributed by atoms with Crippen LogP contribution in [0.3, 0.4) is 0 Å². The standard InChI is InChI=1S/C23H20ClN3O4/c1-4-27-20(18(24)13(2)26-27)23(29)25-19-16-7-5-6-8-17(16)31-22(19)21(28)14-9-11-15(30-3)12-10-14/h5-12H,4H2,1-3H3,(H,25,29). The van der Waals surface area contributed by atoms with Crippen molar-refractivity contribution >= 4 is 39.9 Å². The number of aromatic nitrogens is 2. The number of amides is 1. The van der Waals surface area contributed by atoms with Crippen molar-refractivity contribution in [1.29, 1.82) is 0 Å². The first kappa shape index (κ1) is 20.7. The molecule has 1 amide bonds. The van der Waals surface area contributed by atoms with Crippen molar-refractivity contribution in [3.05, 3.63) is 76.3 Å². The molecule has 1 N–H and O–H groups in total. The van der Waals surface area contributed by atoms with E-state index in [-0.39, 0.29) is 22.3 Å². The Kier molecular flexibility index (Phi) is 5.52. The summed E-state index contributed by atoms with van der Waals surface area (Å²) < 4.78 is 12.5. The largest absolute Gasteiger partial charge is 0.497 e. The lowest BCUT2D eigenvalue weighted by molar-refractivity contribution is 0.101. The quantitative estimate of drug-likeness (QED) is 0.424. The van der Waals surface area contributed by atoms with Gasteiger partial charge in [0.25, 0.3) is 5.91 Å². The molecule has 0 unspecified atom stereocenters. The molecule has 2 aromatic heterocycles. The monoisotopic (exact) mass is 437 g/mol. The van der Waals surface area contributed by atoms with E-state index in [0.29, 0.717) is 40.2 Å². The van der Waals surface area contributed by atoms with Crippen molar-refractivity contribution < 1.29 is 18.7 Å². The summed E-state index contributed by atoms with van der Waals surface area (Å²) in [5.74, 6) is -0.161. The molecule has 4 aromatic rings. The van der Waals surface area contributed by atoms with Gasteiger partial charge < -0.3 is 14.5 Å². The van der Waals surface area contributed by atoms with Gasteiger partial charge in [-0.2, -0.15) is 5.10 Å². The number of rotatable bonds is 6. The highest BCUT2D eigenvalue weighted by atomic mass is 35.5. The van der Waals surface area contributed by atoms with E-state index < -0.39 is 5.91 Å². The minimum Gasteiger partial charge on any atom is -0.497 e. The van der Waals surface area contributed by atoms with E-state index in [9.17, 15) is 9.59 Å². The molecule has 0 atom stereocenters. The van der Waals surface area contributed by atoms with Crippen LogP contribution in [0.1, 0.15) is 39.2 Å². The Morgan fingerprint density at radius 2 is 1.87 bits per heavy atom. The second-order valence-electron chi connectivity index (χ2n) is 6.88. The molecule has 2 heterocycles. The molecule has 0 saturated carbocycles. The zero-order chi connectivity index (χ0) is 22.1. The van der Waals surface area contributed by atoms with Gasteiger partial charge in [-0.05, 0) is 50.2 Å². The van der Waals surface area contributed by atoms with Crippen molar-refractivity contribution in [3.63, 3.8) is 0 Å². The smallest absolute Gasteiger partial charge is 0.275 e. The number of furan rings is 1. The lowest BCUT2D eigenvalue weighted by Crippen LogP contribution is -2.19. The van der Waals surface area contributed by atoms with E-state index in [2.05, 4.69) is 10.4 Å². The van der Waals surface area contributed by atoms with E-state index in [0.717, 1.165) is 0 Å². The lowest BCUT2D eigenvalue weighted by atomic mass is 10.1. The first-order valence-corrected chi connectivity index (χ1v) is 10.1. The van der Waals surface area contributed by atoms with Crippen LogP contribution in [-0.2, 0) is 6.54 Å². The van der Waals surface area contributed by atoms with Gasteiger partial charge in [-0.1, -0.05) is 23.7 Å². The fourth-order valence-corrected chi connectivity index (χ4v) is 3.60. The van der Waals surface area contributed by atoms with Gasteiger partial charge in [0.05, 0.1) is 23.5 Å². The molecule has 7 nitrogen and oxygen atoms in total. The first-order chi connectivity index (χ1) is 14.9. The third-order valence-corrected chi connectivity index (χ3v) is 5.41. The van der Waals surface area contributed by atoms with Crippen molar-refractivity contribution in [2.24, 2.45) is 0 Å². The molecule has 0 saturated heterocycles. The molecule has 0 radical (unpaired) electrons.